The van der Waals surface area contributed by atoms with Crippen molar-refractivity contribution in [1.29, 1.82) is 0 Å². The van der Waals surface area contributed by atoms with Crippen molar-refractivity contribution in [2.45, 2.75) is 6.42 Å². The Kier molecular flexibility index (Phi) is 4.75. The molecule has 1 aliphatic heterocycles. The molecule has 0 saturated carbocycles. The van der Waals surface area contributed by atoms with Crippen LogP contribution >= 0.6 is 11.8 Å². The van der Waals surface area contributed by atoms with Crippen LogP contribution in [0.15, 0.2) is 18.2 Å². The minimum atomic E-state index is 0.0834. The van der Waals surface area contributed by atoms with Gasteiger partial charge in [0.2, 0.25) is 5.91 Å². The molecular formula is C13H17NO3S. The van der Waals surface area contributed by atoms with Gasteiger partial charge in [0.1, 0.15) is 13.2 Å². The summed E-state index contributed by atoms with van der Waals surface area (Å²) in [6, 6.07) is 5.91. The van der Waals surface area contributed by atoms with Gasteiger partial charge in [-0.1, -0.05) is 6.07 Å². The number of nitrogens with one attached hydrogen (secondary N) is 1. The molecule has 2 rings (SSSR count). The van der Waals surface area contributed by atoms with Crippen LogP contribution in [0, 0.1) is 0 Å². The molecule has 0 unspecified atom stereocenters. The van der Waals surface area contributed by atoms with E-state index in [1.807, 2.05) is 24.5 Å². The van der Waals surface area contributed by atoms with Gasteiger partial charge >= 0.3 is 0 Å². The molecule has 1 heterocycles. The van der Waals surface area contributed by atoms with Gasteiger partial charge in [-0.25, -0.2) is 0 Å². The quantitative estimate of drug-likeness (QED) is 0.878. The van der Waals surface area contributed by atoms with Crippen LogP contribution < -0.4 is 14.8 Å². The van der Waals surface area contributed by atoms with Crippen LogP contribution in [0.4, 0.5) is 0 Å². The third kappa shape index (κ3) is 3.57. The summed E-state index contributed by atoms with van der Waals surface area (Å²) in [5, 5.41) is 2.88. The predicted octanol–water partition coefficient (Wildman–Crippen LogP) is 1.48. The normalized spacial score (nSPS) is 13.2. The van der Waals surface area contributed by atoms with E-state index in [2.05, 4.69) is 5.32 Å². The second-order valence-corrected chi connectivity index (χ2v) is 4.88. The Morgan fingerprint density at radius 2 is 2.11 bits per heavy atom. The predicted molar refractivity (Wildman–Crippen MR) is 72.5 cm³/mol. The number of benzene rings is 1. The van der Waals surface area contributed by atoms with Crippen LogP contribution in [-0.4, -0.2) is 37.7 Å². The van der Waals surface area contributed by atoms with Gasteiger partial charge in [-0.3, -0.25) is 4.79 Å². The molecule has 0 atom stereocenters. The van der Waals surface area contributed by atoms with Gasteiger partial charge in [0.25, 0.3) is 0 Å². The number of rotatable bonds is 5. The van der Waals surface area contributed by atoms with Gasteiger partial charge in [0.15, 0.2) is 11.5 Å². The summed E-state index contributed by atoms with van der Waals surface area (Å²) in [5.41, 5.74) is 1.14. The molecule has 1 N–H and O–H groups in total. The van der Waals surface area contributed by atoms with Crippen LogP contribution in [0.2, 0.25) is 0 Å². The van der Waals surface area contributed by atoms with E-state index in [9.17, 15) is 4.79 Å². The maximum absolute atomic E-state index is 11.3. The molecule has 1 aromatic carbocycles. The van der Waals surface area contributed by atoms with Crippen molar-refractivity contribution < 1.29 is 14.3 Å². The largest absolute Gasteiger partial charge is 0.486 e. The number of carbonyl (C=O) groups is 1. The Balaban J connectivity index is 1.84. The molecule has 0 aliphatic carbocycles. The van der Waals surface area contributed by atoms with Crippen LogP contribution in [0.1, 0.15) is 5.56 Å². The van der Waals surface area contributed by atoms with Gasteiger partial charge < -0.3 is 14.8 Å². The van der Waals surface area contributed by atoms with Crippen molar-refractivity contribution >= 4 is 17.7 Å². The van der Waals surface area contributed by atoms with Gasteiger partial charge in [-0.2, -0.15) is 11.8 Å². The fourth-order valence-electron chi connectivity index (χ4n) is 1.77. The van der Waals surface area contributed by atoms with Crippen molar-refractivity contribution in [3.05, 3.63) is 23.8 Å². The zero-order valence-corrected chi connectivity index (χ0v) is 11.2. The summed E-state index contributed by atoms with van der Waals surface area (Å²) in [6.45, 7) is 1.86. The monoisotopic (exact) mass is 267 g/mol. The summed E-state index contributed by atoms with van der Waals surface area (Å²) >= 11 is 1.53. The smallest absolute Gasteiger partial charge is 0.229 e. The van der Waals surface area contributed by atoms with Gasteiger partial charge in [-0.15, -0.1) is 0 Å². The summed E-state index contributed by atoms with van der Waals surface area (Å²) in [6.07, 6.45) is 2.72. The first-order chi connectivity index (χ1) is 8.79. The first-order valence-electron chi connectivity index (χ1n) is 5.94. The molecule has 98 valence electrons. The maximum Gasteiger partial charge on any atom is 0.229 e. The number of fused-ring (bicyclic) bond motifs is 1. The Morgan fingerprint density at radius 3 is 2.89 bits per heavy atom. The summed E-state index contributed by atoms with van der Waals surface area (Å²) in [7, 11) is 0. The van der Waals surface area contributed by atoms with Crippen LogP contribution in [0.5, 0.6) is 11.5 Å². The standard InChI is InChI=1S/C13H17NO3S/c1-18-9-13(15)14-5-4-10-2-3-11-12(8-10)17-7-6-16-11/h2-3,8H,4-7,9H2,1H3,(H,14,15). The molecule has 0 radical (unpaired) electrons. The van der Waals surface area contributed by atoms with Gasteiger partial charge in [0, 0.05) is 6.54 Å². The van der Waals surface area contributed by atoms with Crippen LogP contribution in [0.25, 0.3) is 0 Å². The molecular weight excluding hydrogens is 250 g/mol. The van der Waals surface area contributed by atoms with Crippen LogP contribution in [-0.2, 0) is 11.2 Å². The van der Waals surface area contributed by atoms with Crippen LogP contribution in [0.3, 0.4) is 0 Å². The molecule has 1 aliphatic rings. The number of hydrogen-bond acceptors (Lipinski definition) is 4. The first kappa shape index (κ1) is 13.1. The second-order valence-electron chi connectivity index (χ2n) is 4.01. The van der Waals surface area contributed by atoms with Gasteiger partial charge in [-0.05, 0) is 30.4 Å². The third-order valence-electron chi connectivity index (χ3n) is 2.62. The number of carbonyl (C=O) groups excluding carboxylic acids is 1. The average molecular weight is 267 g/mol. The summed E-state index contributed by atoms with van der Waals surface area (Å²) in [5.74, 6) is 2.20. The molecule has 0 fully saturated rings. The topological polar surface area (TPSA) is 47.6 Å². The van der Waals surface area contributed by atoms with E-state index in [0.717, 1.165) is 23.5 Å². The lowest BCUT2D eigenvalue weighted by Crippen LogP contribution is -2.27. The third-order valence-corrected chi connectivity index (χ3v) is 3.17. The molecule has 1 aromatic rings. The number of thioether (sulfide) groups is 1. The molecule has 5 heteroatoms. The lowest BCUT2D eigenvalue weighted by molar-refractivity contribution is -0.118. The minimum absolute atomic E-state index is 0.0834. The van der Waals surface area contributed by atoms with Crippen molar-refractivity contribution in [1.82, 2.24) is 5.32 Å². The summed E-state index contributed by atoms with van der Waals surface area (Å²) in [4.78, 5) is 11.3. The highest BCUT2D eigenvalue weighted by Crippen LogP contribution is 2.30. The minimum Gasteiger partial charge on any atom is -0.486 e. The van der Waals surface area contributed by atoms with Crippen molar-refractivity contribution in [2.24, 2.45) is 0 Å². The van der Waals surface area contributed by atoms with Gasteiger partial charge in [0.05, 0.1) is 5.75 Å². The number of hydrogen-bond donors (Lipinski definition) is 1. The van der Waals surface area contributed by atoms with Crippen molar-refractivity contribution in [3.63, 3.8) is 0 Å². The number of amides is 1. The summed E-state index contributed by atoms with van der Waals surface area (Å²) < 4.78 is 11.0. The van der Waals surface area contributed by atoms with E-state index in [1.54, 1.807) is 0 Å². The van der Waals surface area contributed by atoms with E-state index >= 15 is 0 Å². The van der Waals surface area contributed by atoms with E-state index in [0.29, 0.717) is 25.5 Å². The maximum atomic E-state index is 11.3. The molecule has 0 bridgehead atoms. The van der Waals surface area contributed by atoms with E-state index in [4.69, 9.17) is 9.47 Å². The van der Waals surface area contributed by atoms with Crippen molar-refractivity contribution in [2.75, 3.05) is 31.8 Å². The Labute approximate surface area is 111 Å². The number of ether oxygens (including phenoxy) is 2. The Bertz CT molecular complexity index is 423. The molecule has 0 spiro atoms. The highest BCUT2D eigenvalue weighted by molar-refractivity contribution is 7.99. The lowest BCUT2D eigenvalue weighted by Gasteiger charge is -2.18. The lowest BCUT2D eigenvalue weighted by atomic mass is 10.1. The van der Waals surface area contributed by atoms with E-state index < -0.39 is 0 Å². The SMILES string of the molecule is CSCC(=O)NCCc1ccc2c(c1)OCCO2. The molecule has 18 heavy (non-hydrogen) atoms. The highest BCUT2D eigenvalue weighted by atomic mass is 32.2. The fraction of sp³-hybridized carbons (Fsp3) is 0.462. The fourth-order valence-corrected chi connectivity index (χ4v) is 2.14. The average Bonchev–Trinajstić information content (AvgIpc) is 2.39. The molecule has 1 amide bonds. The van der Waals surface area contributed by atoms with Crippen molar-refractivity contribution in [3.8, 4) is 11.5 Å². The Hall–Kier alpha value is -1.36. The van der Waals surface area contributed by atoms with E-state index in [-0.39, 0.29) is 5.91 Å². The first-order valence-corrected chi connectivity index (χ1v) is 7.33. The molecule has 0 saturated heterocycles. The van der Waals surface area contributed by atoms with E-state index in [1.165, 1.54) is 11.8 Å². The molecule has 0 aromatic heterocycles. The zero-order valence-electron chi connectivity index (χ0n) is 10.4. The highest BCUT2D eigenvalue weighted by Gasteiger charge is 2.11. The molecule has 4 nitrogen and oxygen atoms in total. The Morgan fingerprint density at radius 1 is 1.33 bits per heavy atom. The second kappa shape index (κ2) is 6.54. The zero-order chi connectivity index (χ0) is 12.8.